The van der Waals surface area contributed by atoms with Gasteiger partial charge in [-0.25, -0.2) is 9.97 Å². The fraction of sp³-hybridized carbons (Fsp3) is 0.308. The van der Waals surface area contributed by atoms with Crippen LogP contribution in [0.25, 0.3) is 11.3 Å². The predicted molar refractivity (Wildman–Crippen MR) is 69.2 cm³/mol. The predicted octanol–water partition coefficient (Wildman–Crippen LogP) is 3.30. The highest BCUT2D eigenvalue weighted by molar-refractivity contribution is 5.61. The number of rotatable bonds is 3. The molecule has 1 N–H and O–H groups in total. The molecule has 0 bridgehead atoms. The highest BCUT2D eigenvalue weighted by atomic mass is 19.4. The summed E-state index contributed by atoms with van der Waals surface area (Å²) in [6.45, 7) is 3.97. The van der Waals surface area contributed by atoms with E-state index in [1.54, 1.807) is 26.0 Å². The molecule has 2 aromatic rings. The Morgan fingerprint density at radius 1 is 1.20 bits per heavy atom. The first-order chi connectivity index (χ1) is 9.40. The van der Waals surface area contributed by atoms with Crippen LogP contribution in [0.4, 0.5) is 19.1 Å². The standard InChI is InChI=1S/C13H13F3N4/c1-3-17-12-19-10(7-11(20-12)13(14,15)16)9-4-5-18-8(2)6-9/h4-7H,3H2,1-2H3,(H,17,19,20). The molecule has 4 nitrogen and oxygen atoms in total. The van der Waals surface area contributed by atoms with Gasteiger partial charge in [-0.3, -0.25) is 4.98 Å². The Morgan fingerprint density at radius 2 is 1.95 bits per heavy atom. The third-order valence-corrected chi connectivity index (χ3v) is 2.54. The Labute approximate surface area is 114 Å². The zero-order valence-corrected chi connectivity index (χ0v) is 11.0. The molecule has 20 heavy (non-hydrogen) atoms. The summed E-state index contributed by atoms with van der Waals surface area (Å²) in [4.78, 5) is 11.6. The minimum Gasteiger partial charge on any atom is -0.354 e. The molecule has 0 amide bonds. The van der Waals surface area contributed by atoms with E-state index in [2.05, 4.69) is 20.3 Å². The van der Waals surface area contributed by atoms with Gasteiger partial charge in [0.05, 0.1) is 5.69 Å². The van der Waals surface area contributed by atoms with Gasteiger partial charge in [0.25, 0.3) is 0 Å². The van der Waals surface area contributed by atoms with Gasteiger partial charge in [-0.1, -0.05) is 0 Å². The average molecular weight is 282 g/mol. The molecular formula is C13H13F3N4. The molecule has 2 aromatic heterocycles. The third-order valence-electron chi connectivity index (χ3n) is 2.54. The lowest BCUT2D eigenvalue weighted by atomic mass is 10.1. The Bertz CT molecular complexity index is 611. The van der Waals surface area contributed by atoms with Crippen LogP contribution in [-0.4, -0.2) is 21.5 Å². The first kappa shape index (κ1) is 14.2. The van der Waals surface area contributed by atoms with Crippen molar-refractivity contribution < 1.29 is 13.2 Å². The smallest absolute Gasteiger partial charge is 0.354 e. The first-order valence-electron chi connectivity index (χ1n) is 6.03. The maximum atomic E-state index is 12.9. The number of anilines is 1. The fourth-order valence-electron chi connectivity index (χ4n) is 1.68. The van der Waals surface area contributed by atoms with Crippen molar-refractivity contribution in [2.75, 3.05) is 11.9 Å². The number of aromatic nitrogens is 3. The number of pyridine rings is 1. The largest absolute Gasteiger partial charge is 0.433 e. The van der Waals surface area contributed by atoms with Crippen LogP contribution < -0.4 is 5.32 Å². The van der Waals surface area contributed by atoms with Crippen molar-refractivity contribution in [2.24, 2.45) is 0 Å². The van der Waals surface area contributed by atoms with E-state index in [1.807, 2.05) is 0 Å². The van der Waals surface area contributed by atoms with E-state index < -0.39 is 11.9 Å². The number of alkyl halides is 3. The van der Waals surface area contributed by atoms with Crippen molar-refractivity contribution in [3.05, 3.63) is 35.8 Å². The SMILES string of the molecule is CCNc1nc(-c2ccnc(C)c2)cc(C(F)(F)F)n1. The van der Waals surface area contributed by atoms with E-state index in [0.717, 1.165) is 6.07 Å². The summed E-state index contributed by atoms with van der Waals surface area (Å²) in [5.74, 6) is -0.0354. The first-order valence-corrected chi connectivity index (χ1v) is 6.03. The van der Waals surface area contributed by atoms with Crippen molar-refractivity contribution in [3.8, 4) is 11.3 Å². The molecule has 106 valence electrons. The number of nitrogens with one attached hydrogen (secondary N) is 1. The molecule has 2 rings (SSSR count). The summed E-state index contributed by atoms with van der Waals surface area (Å²) >= 11 is 0. The van der Waals surface area contributed by atoms with Crippen LogP contribution in [0.15, 0.2) is 24.4 Å². The van der Waals surface area contributed by atoms with E-state index in [4.69, 9.17) is 0 Å². The topological polar surface area (TPSA) is 50.7 Å². The van der Waals surface area contributed by atoms with E-state index in [9.17, 15) is 13.2 Å². The van der Waals surface area contributed by atoms with Crippen LogP contribution in [0.3, 0.4) is 0 Å². The van der Waals surface area contributed by atoms with Crippen LogP contribution in [0, 0.1) is 6.92 Å². The zero-order chi connectivity index (χ0) is 14.8. The van der Waals surface area contributed by atoms with E-state index in [0.29, 0.717) is 17.8 Å². The molecule has 0 radical (unpaired) electrons. The van der Waals surface area contributed by atoms with Gasteiger partial charge in [0, 0.05) is 24.0 Å². The Hall–Kier alpha value is -2.18. The van der Waals surface area contributed by atoms with Crippen molar-refractivity contribution in [1.82, 2.24) is 15.0 Å². The maximum absolute atomic E-state index is 12.9. The second-order valence-electron chi connectivity index (χ2n) is 4.18. The van der Waals surface area contributed by atoms with E-state index >= 15 is 0 Å². The van der Waals surface area contributed by atoms with Crippen molar-refractivity contribution >= 4 is 5.95 Å². The molecule has 0 aromatic carbocycles. The normalized spacial score (nSPS) is 11.4. The molecular weight excluding hydrogens is 269 g/mol. The van der Waals surface area contributed by atoms with Crippen LogP contribution >= 0.6 is 0 Å². The highest BCUT2D eigenvalue weighted by Crippen LogP contribution is 2.31. The molecule has 0 aliphatic heterocycles. The lowest BCUT2D eigenvalue weighted by molar-refractivity contribution is -0.141. The van der Waals surface area contributed by atoms with Crippen molar-refractivity contribution in [2.45, 2.75) is 20.0 Å². The van der Waals surface area contributed by atoms with Crippen molar-refractivity contribution in [3.63, 3.8) is 0 Å². The second-order valence-corrected chi connectivity index (χ2v) is 4.18. The van der Waals surface area contributed by atoms with Crippen LogP contribution in [-0.2, 0) is 6.18 Å². The summed E-state index contributed by atoms with van der Waals surface area (Å²) < 4.78 is 38.6. The monoisotopic (exact) mass is 282 g/mol. The molecule has 0 spiro atoms. The Kier molecular flexibility index (Phi) is 3.87. The van der Waals surface area contributed by atoms with Gasteiger partial charge in [0.2, 0.25) is 5.95 Å². The zero-order valence-electron chi connectivity index (χ0n) is 11.0. The second kappa shape index (κ2) is 5.44. The minimum absolute atomic E-state index is 0.0354. The molecule has 7 heteroatoms. The van der Waals surface area contributed by atoms with Gasteiger partial charge in [-0.05, 0) is 32.0 Å². The molecule has 0 atom stereocenters. The molecule has 0 saturated heterocycles. The van der Waals surface area contributed by atoms with Crippen LogP contribution in [0.1, 0.15) is 18.3 Å². The van der Waals surface area contributed by atoms with Gasteiger partial charge < -0.3 is 5.32 Å². The third kappa shape index (κ3) is 3.23. The summed E-state index contributed by atoms with van der Waals surface area (Å²) in [5.41, 5.74) is 0.533. The van der Waals surface area contributed by atoms with Gasteiger partial charge >= 0.3 is 6.18 Å². The minimum atomic E-state index is -4.51. The summed E-state index contributed by atoms with van der Waals surface area (Å²) in [7, 11) is 0. The molecule has 0 unspecified atom stereocenters. The number of hydrogen-bond donors (Lipinski definition) is 1. The maximum Gasteiger partial charge on any atom is 0.433 e. The van der Waals surface area contributed by atoms with Gasteiger partial charge in [-0.2, -0.15) is 13.2 Å². The van der Waals surface area contributed by atoms with E-state index in [1.165, 1.54) is 6.20 Å². The molecule has 0 saturated carbocycles. The molecule has 0 fully saturated rings. The molecule has 0 aliphatic carbocycles. The lowest BCUT2D eigenvalue weighted by Gasteiger charge is -2.11. The van der Waals surface area contributed by atoms with Gasteiger partial charge in [0.1, 0.15) is 0 Å². The average Bonchev–Trinajstić information content (AvgIpc) is 2.38. The number of aryl methyl sites for hydroxylation is 1. The lowest BCUT2D eigenvalue weighted by Crippen LogP contribution is -2.12. The Balaban J connectivity index is 2.54. The quantitative estimate of drug-likeness (QED) is 0.938. The van der Waals surface area contributed by atoms with Gasteiger partial charge in [0.15, 0.2) is 5.69 Å². The number of hydrogen-bond acceptors (Lipinski definition) is 4. The van der Waals surface area contributed by atoms with Crippen LogP contribution in [0.2, 0.25) is 0 Å². The fourth-order valence-corrected chi connectivity index (χ4v) is 1.68. The number of nitrogens with zero attached hydrogens (tertiary/aromatic N) is 3. The highest BCUT2D eigenvalue weighted by Gasteiger charge is 2.33. The van der Waals surface area contributed by atoms with Crippen LogP contribution in [0.5, 0.6) is 0 Å². The molecule has 0 aliphatic rings. The molecule has 2 heterocycles. The number of halogens is 3. The summed E-state index contributed by atoms with van der Waals surface area (Å²) in [5, 5.41) is 2.71. The summed E-state index contributed by atoms with van der Waals surface area (Å²) in [6.07, 6.45) is -2.98. The Morgan fingerprint density at radius 3 is 2.55 bits per heavy atom. The van der Waals surface area contributed by atoms with E-state index in [-0.39, 0.29) is 11.6 Å². The summed E-state index contributed by atoms with van der Waals surface area (Å²) in [6, 6.07) is 4.24. The van der Waals surface area contributed by atoms with Gasteiger partial charge in [-0.15, -0.1) is 0 Å². The van der Waals surface area contributed by atoms with Crippen molar-refractivity contribution in [1.29, 1.82) is 0 Å².